The highest BCUT2D eigenvalue weighted by Gasteiger charge is 2.26. The van der Waals surface area contributed by atoms with Gasteiger partial charge in [0.1, 0.15) is 12.4 Å². The molecule has 168 valence electrons. The number of amides is 2. The molecule has 1 aromatic heterocycles. The van der Waals surface area contributed by atoms with Crippen LogP contribution in [0.5, 0.6) is 5.75 Å². The fourth-order valence-corrected chi connectivity index (χ4v) is 4.29. The highest BCUT2D eigenvalue weighted by atomic mass is 16.5. The summed E-state index contributed by atoms with van der Waals surface area (Å²) in [5.74, 6) is 1.29. The van der Waals surface area contributed by atoms with E-state index in [-0.39, 0.29) is 11.8 Å². The number of aromatic nitrogens is 1. The lowest BCUT2D eigenvalue weighted by molar-refractivity contribution is -0.119. The van der Waals surface area contributed by atoms with Crippen molar-refractivity contribution in [2.45, 2.75) is 26.2 Å². The Bertz CT molecular complexity index is 1180. The monoisotopic (exact) mass is 442 g/mol. The molecule has 0 saturated carbocycles. The van der Waals surface area contributed by atoms with Crippen molar-refractivity contribution in [3.8, 4) is 5.75 Å². The molecule has 2 aromatic carbocycles. The number of hydrogen-bond donors (Lipinski definition) is 1. The lowest BCUT2D eigenvalue weighted by atomic mass is 10.1. The number of carbonyl (C=O) groups excluding carboxylic acids is 2. The number of rotatable bonds is 4. The van der Waals surface area contributed by atoms with Crippen molar-refractivity contribution >= 4 is 34.7 Å². The molecule has 1 fully saturated rings. The number of ether oxygens (including phenoxy) is 1. The molecule has 2 aliphatic heterocycles. The first kappa shape index (κ1) is 21.0. The number of para-hydroxylation sites is 1. The number of fused-ring (bicyclic) bond motifs is 1. The number of benzene rings is 2. The predicted octanol–water partition coefficient (Wildman–Crippen LogP) is 4.69. The van der Waals surface area contributed by atoms with E-state index in [0.717, 1.165) is 42.1 Å². The van der Waals surface area contributed by atoms with Crippen LogP contribution in [0.15, 0.2) is 60.8 Å². The smallest absolute Gasteiger partial charge is 0.259 e. The highest BCUT2D eigenvalue weighted by molar-refractivity contribution is 6.07. The molecular formula is C26H26N4O3. The number of carbonyl (C=O) groups is 2. The van der Waals surface area contributed by atoms with Crippen molar-refractivity contribution in [3.63, 3.8) is 0 Å². The summed E-state index contributed by atoms with van der Waals surface area (Å²) in [6.07, 6.45) is 4.39. The minimum Gasteiger partial charge on any atom is -0.489 e. The van der Waals surface area contributed by atoms with E-state index in [2.05, 4.69) is 15.2 Å². The van der Waals surface area contributed by atoms with Gasteiger partial charge in [0, 0.05) is 30.5 Å². The third kappa shape index (κ3) is 4.26. The quantitative estimate of drug-likeness (QED) is 0.635. The maximum atomic E-state index is 13.1. The summed E-state index contributed by atoms with van der Waals surface area (Å²) < 4.78 is 5.92. The summed E-state index contributed by atoms with van der Waals surface area (Å²) in [6, 6.07) is 17.0. The molecule has 7 nitrogen and oxygen atoms in total. The summed E-state index contributed by atoms with van der Waals surface area (Å²) in [5.41, 5.74) is 3.91. The first-order valence-corrected chi connectivity index (χ1v) is 11.3. The zero-order valence-corrected chi connectivity index (χ0v) is 18.6. The molecule has 1 N–H and O–H groups in total. The zero-order valence-electron chi connectivity index (χ0n) is 18.6. The summed E-state index contributed by atoms with van der Waals surface area (Å²) in [4.78, 5) is 33.7. The van der Waals surface area contributed by atoms with Gasteiger partial charge in [-0.3, -0.25) is 9.59 Å². The lowest BCUT2D eigenvalue weighted by Crippen LogP contribution is -2.35. The van der Waals surface area contributed by atoms with Crippen LogP contribution < -0.4 is 19.9 Å². The second kappa shape index (κ2) is 8.94. The third-order valence-electron chi connectivity index (χ3n) is 6.02. The van der Waals surface area contributed by atoms with Crippen molar-refractivity contribution in [1.29, 1.82) is 0 Å². The van der Waals surface area contributed by atoms with E-state index in [0.29, 0.717) is 36.6 Å². The van der Waals surface area contributed by atoms with E-state index in [4.69, 9.17) is 4.74 Å². The van der Waals surface area contributed by atoms with Gasteiger partial charge in [-0.25, -0.2) is 4.98 Å². The van der Waals surface area contributed by atoms with Gasteiger partial charge in [-0.15, -0.1) is 0 Å². The minimum absolute atomic E-state index is 0.152. The Kier molecular flexibility index (Phi) is 5.69. The van der Waals surface area contributed by atoms with Crippen molar-refractivity contribution < 1.29 is 14.3 Å². The molecule has 0 radical (unpaired) electrons. The minimum atomic E-state index is -0.243. The molecule has 1 saturated heterocycles. The number of piperidine rings is 1. The maximum absolute atomic E-state index is 13.1. The summed E-state index contributed by atoms with van der Waals surface area (Å²) >= 11 is 0. The van der Waals surface area contributed by atoms with Gasteiger partial charge in [0.15, 0.2) is 5.75 Å². The van der Waals surface area contributed by atoms with Crippen LogP contribution >= 0.6 is 0 Å². The average Bonchev–Trinajstić information content (AvgIpc) is 2.85. The molecular weight excluding hydrogens is 416 g/mol. The summed E-state index contributed by atoms with van der Waals surface area (Å²) in [7, 11) is 0. The van der Waals surface area contributed by atoms with Crippen molar-refractivity contribution in [2.75, 3.05) is 34.8 Å². The van der Waals surface area contributed by atoms with Gasteiger partial charge >= 0.3 is 0 Å². The Morgan fingerprint density at radius 3 is 2.61 bits per heavy atom. The van der Waals surface area contributed by atoms with Crippen molar-refractivity contribution in [1.82, 2.24) is 4.98 Å². The number of pyridine rings is 1. The Balaban J connectivity index is 1.36. The lowest BCUT2D eigenvalue weighted by Gasteiger charge is -2.31. The van der Waals surface area contributed by atoms with E-state index in [1.807, 2.05) is 66.6 Å². The molecule has 3 heterocycles. The van der Waals surface area contributed by atoms with Gasteiger partial charge in [-0.1, -0.05) is 12.1 Å². The van der Waals surface area contributed by atoms with Crippen LogP contribution in [0.1, 0.15) is 35.2 Å². The second-order valence-corrected chi connectivity index (χ2v) is 8.35. The van der Waals surface area contributed by atoms with Crippen LogP contribution in [0, 0.1) is 6.92 Å². The van der Waals surface area contributed by atoms with Crippen LogP contribution in [0.4, 0.5) is 22.9 Å². The number of nitrogens with one attached hydrogen (secondary N) is 1. The Morgan fingerprint density at radius 2 is 1.85 bits per heavy atom. The SMILES string of the molecule is Cc1ccc(N2CCOc3c(C(=O)Nc4ccc(N5CCCCC5=O)cc4)cccc32)nc1. The first-order chi connectivity index (χ1) is 16.1. The van der Waals surface area contributed by atoms with E-state index in [1.54, 1.807) is 6.07 Å². The van der Waals surface area contributed by atoms with Crippen LogP contribution in [-0.2, 0) is 4.79 Å². The highest BCUT2D eigenvalue weighted by Crippen LogP contribution is 2.38. The molecule has 5 rings (SSSR count). The number of aryl methyl sites for hydroxylation is 1. The predicted molar refractivity (Wildman–Crippen MR) is 129 cm³/mol. The third-order valence-corrected chi connectivity index (χ3v) is 6.02. The molecule has 2 amide bonds. The van der Waals surface area contributed by atoms with Gasteiger partial charge in [0.05, 0.1) is 17.8 Å². The normalized spacial score (nSPS) is 15.6. The van der Waals surface area contributed by atoms with Crippen LogP contribution in [0.25, 0.3) is 0 Å². The van der Waals surface area contributed by atoms with Crippen LogP contribution in [-0.4, -0.2) is 36.5 Å². The van der Waals surface area contributed by atoms with Gasteiger partial charge in [0.25, 0.3) is 5.91 Å². The molecule has 2 aliphatic rings. The van der Waals surface area contributed by atoms with E-state index in [1.165, 1.54) is 0 Å². The Labute approximate surface area is 193 Å². The van der Waals surface area contributed by atoms with E-state index < -0.39 is 0 Å². The van der Waals surface area contributed by atoms with Crippen LogP contribution in [0.3, 0.4) is 0 Å². The standard InChI is InChI=1S/C26H26N4O3/c1-18-8-13-23(27-17-18)30-15-16-33-25-21(5-4-6-22(25)30)26(32)28-19-9-11-20(12-10-19)29-14-3-2-7-24(29)31/h4-6,8-13,17H,2-3,7,14-16H2,1H3,(H,28,32). The number of anilines is 4. The fraction of sp³-hybridized carbons (Fsp3) is 0.269. The van der Waals surface area contributed by atoms with Gasteiger partial charge in [-0.05, 0) is 67.8 Å². The van der Waals surface area contributed by atoms with Gasteiger partial charge < -0.3 is 19.9 Å². The fourth-order valence-electron chi connectivity index (χ4n) is 4.29. The topological polar surface area (TPSA) is 74.8 Å². The summed E-state index contributed by atoms with van der Waals surface area (Å²) in [5, 5.41) is 2.96. The molecule has 0 unspecified atom stereocenters. The second-order valence-electron chi connectivity index (χ2n) is 8.35. The molecule has 0 aliphatic carbocycles. The zero-order chi connectivity index (χ0) is 22.8. The largest absolute Gasteiger partial charge is 0.489 e. The molecule has 0 bridgehead atoms. The molecule has 0 spiro atoms. The molecule has 3 aromatic rings. The maximum Gasteiger partial charge on any atom is 0.259 e. The Morgan fingerprint density at radius 1 is 1.00 bits per heavy atom. The van der Waals surface area contributed by atoms with Gasteiger partial charge in [-0.2, -0.15) is 0 Å². The number of hydrogen-bond acceptors (Lipinski definition) is 5. The summed E-state index contributed by atoms with van der Waals surface area (Å²) in [6.45, 7) is 3.87. The molecule has 0 atom stereocenters. The van der Waals surface area contributed by atoms with E-state index in [9.17, 15) is 9.59 Å². The van der Waals surface area contributed by atoms with Gasteiger partial charge in [0.2, 0.25) is 5.91 Å². The number of nitrogens with zero attached hydrogens (tertiary/aromatic N) is 3. The Hall–Kier alpha value is -3.87. The van der Waals surface area contributed by atoms with Crippen molar-refractivity contribution in [3.05, 3.63) is 71.9 Å². The molecule has 33 heavy (non-hydrogen) atoms. The van der Waals surface area contributed by atoms with Crippen molar-refractivity contribution in [2.24, 2.45) is 0 Å². The molecule has 7 heteroatoms. The first-order valence-electron chi connectivity index (χ1n) is 11.3. The van der Waals surface area contributed by atoms with E-state index >= 15 is 0 Å². The van der Waals surface area contributed by atoms with Crippen LogP contribution in [0.2, 0.25) is 0 Å². The average molecular weight is 443 g/mol.